The molecule has 2 aromatic rings. The average Bonchev–Trinajstić information content (AvgIpc) is 2.77. The Morgan fingerprint density at radius 3 is 2.52 bits per heavy atom. The van der Waals surface area contributed by atoms with Crippen molar-refractivity contribution in [2.24, 2.45) is 7.05 Å². The molecule has 1 aromatic heterocycles. The number of nitrogens with two attached hydrogens (primary N) is 1. The largest absolute Gasteiger partial charge is 0.416 e. The maximum Gasteiger partial charge on any atom is 0.416 e. The zero-order valence-corrected chi connectivity index (χ0v) is 12.6. The molecule has 7 heteroatoms. The van der Waals surface area contributed by atoms with Gasteiger partial charge in [0.05, 0.1) is 11.3 Å². The van der Waals surface area contributed by atoms with E-state index in [1.165, 1.54) is 17.8 Å². The molecule has 0 unspecified atom stereocenters. The van der Waals surface area contributed by atoms with E-state index in [4.69, 9.17) is 5.73 Å². The second kappa shape index (κ2) is 6.01. The van der Waals surface area contributed by atoms with E-state index in [0.29, 0.717) is 10.6 Å². The van der Waals surface area contributed by atoms with Gasteiger partial charge in [0.2, 0.25) is 0 Å². The number of nitrogens with zero attached hydrogens (tertiary/aromatic N) is 2. The maximum absolute atomic E-state index is 12.6. The van der Waals surface area contributed by atoms with Crippen molar-refractivity contribution in [2.45, 2.75) is 30.2 Å². The molecule has 0 bridgehead atoms. The second-order valence-electron chi connectivity index (χ2n) is 4.64. The van der Waals surface area contributed by atoms with Gasteiger partial charge in [0.25, 0.3) is 0 Å². The Morgan fingerprint density at radius 2 is 2.00 bits per heavy atom. The lowest BCUT2D eigenvalue weighted by Crippen LogP contribution is -2.05. The van der Waals surface area contributed by atoms with Gasteiger partial charge in [-0.15, -0.1) is 11.8 Å². The van der Waals surface area contributed by atoms with Crippen molar-refractivity contribution in [1.82, 2.24) is 9.78 Å². The number of benzene rings is 1. The smallest absolute Gasteiger partial charge is 0.398 e. The highest BCUT2D eigenvalue weighted by atomic mass is 32.2. The molecule has 21 heavy (non-hydrogen) atoms. The molecule has 1 heterocycles. The summed E-state index contributed by atoms with van der Waals surface area (Å²) < 4.78 is 39.5. The summed E-state index contributed by atoms with van der Waals surface area (Å²) in [5, 5.41) is 4.33. The number of aromatic nitrogens is 2. The number of nitrogen functional groups attached to an aromatic ring is 1. The van der Waals surface area contributed by atoms with Gasteiger partial charge in [0, 0.05) is 29.1 Å². The molecule has 2 N–H and O–H groups in total. The Kier molecular flexibility index (Phi) is 4.51. The zero-order valence-electron chi connectivity index (χ0n) is 11.7. The van der Waals surface area contributed by atoms with E-state index in [0.717, 1.165) is 29.9 Å². The van der Waals surface area contributed by atoms with Gasteiger partial charge in [-0.25, -0.2) is 0 Å². The molecule has 0 aliphatic heterocycles. The number of thioether (sulfide) groups is 1. The third-order valence-electron chi connectivity index (χ3n) is 3.10. The van der Waals surface area contributed by atoms with Crippen molar-refractivity contribution in [3.8, 4) is 0 Å². The molecule has 1 aromatic carbocycles. The third kappa shape index (κ3) is 3.72. The van der Waals surface area contributed by atoms with Crippen LogP contribution in [-0.2, 0) is 25.4 Å². The van der Waals surface area contributed by atoms with E-state index in [9.17, 15) is 13.2 Å². The minimum atomic E-state index is -4.37. The quantitative estimate of drug-likeness (QED) is 0.688. The third-order valence-corrected chi connectivity index (χ3v) is 4.23. The van der Waals surface area contributed by atoms with Crippen molar-refractivity contribution in [3.05, 3.63) is 41.2 Å². The average molecular weight is 315 g/mol. The molecule has 0 amide bonds. The summed E-state index contributed by atoms with van der Waals surface area (Å²) in [5.41, 5.74) is 7.13. The summed E-state index contributed by atoms with van der Waals surface area (Å²) >= 11 is 1.40. The molecule has 0 aliphatic carbocycles. The van der Waals surface area contributed by atoms with Crippen LogP contribution in [0.3, 0.4) is 0 Å². The van der Waals surface area contributed by atoms with Crippen molar-refractivity contribution in [3.63, 3.8) is 0 Å². The molecule has 0 saturated carbocycles. The fraction of sp³-hybridized carbons (Fsp3) is 0.357. The Bertz CT molecular complexity index is 635. The molecular weight excluding hydrogens is 299 g/mol. The molecule has 114 valence electrons. The molecule has 0 spiro atoms. The highest BCUT2D eigenvalue weighted by Crippen LogP contribution is 2.35. The van der Waals surface area contributed by atoms with Crippen molar-refractivity contribution in [1.29, 1.82) is 0 Å². The lowest BCUT2D eigenvalue weighted by atomic mass is 10.2. The first-order chi connectivity index (χ1) is 9.81. The topological polar surface area (TPSA) is 43.8 Å². The summed E-state index contributed by atoms with van der Waals surface area (Å²) in [7, 11) is 1.85. The second-order valence-corrected chi connectivity index (χ2v) is 5.66. The lowest BCUT2D eigenvalue weighted by Gasteiger charge is -2.10. The van der Waals surface area contributed by atoms with Crippen LogP contribution in [0, 0.1) is 0 Å². The number of anilines is 1. The Labute approximate surface area is 125 Å². The van der Waals surface area contributed by atoms with E-state index < -0.39 is 11.7 Å². The van der Waals surface area contributed by atoms with Gasteiger partial charge in [-0.3, -0.25) is 4.68 Å². The van der Waals surface area contributed by atoms with Crippen LogP contribution in [0.2, 0.25) is 0 Å². The number of aryl methyl sites for hydroxylation is 2. The summed E-state index contributed by atoms with van der Waals surface area (Å²) in [5.74, 6) is 0.610. The fourth-order valence-corrected chi connectivity index (χ4v) is 2.85. The summed E-state index contributed by atoms with van der Waals surface area (Å²) in [6.45, 7) is 2.02. The number of hydrogen-bond donors (Lipinski definition) is 1. The highest BCUT2D eigenvalue weighted by molar-refractivity contribution is 7.98. The Hall–Kier alpha value is -1.63. The first-order valence-corrected chi connectivity index (χ1v) is 7.41. The van der Waals surface area contributed by atoms with Crippen molar-refractivity contribution >= 4 is 17.4 Å². The molecule has 0 fully saturated rings. The minimum Gasteiger partial charge on any atom is -0.398 e. The van der Waals surface area contributed by atoms with Crippen LogP contribution in [0.15, 0.2) is 29.2 Å². The van der Waals surface area contributed by atoms with Gasteiger partial charge >= 0.3 is 6.18 Å². The van der Waals surface area contributed by atoms with Gasteiger partial charge in [-0.05, 0) is 30.7 Å². The van der Waals surface area contributed by atoms with Gasteiger partial charge < -0.3 is 5.73 Å². The van der Waals surface area contributed by atoms with Crippen LogP contribution in [0.4, 0.5) is 18.9 Å². The summed E-state index contributed by atoms with van der Waals surface area (Å²) in [4.78, 5) is 0.641. The highest BCUT2D eigenvalue weighted by Gasteiger charge is 2.30. The van der Waals surface area contributed by atoms with Crippen LogP contribution < -0.4 is 5.73 Å². The number of alkyl halides is 3. The molecule has 3 nitrogen and oxygen atoms in total. The van der Waals surface area contributed by atoms with Crippen molar-refractivity contribution in [2.75, 3.05) is 5.73 Å². The van der Waals surface area contributed by atoms with E-state index in [-0.39, 0.29) is 5.69 Å². The standard InChI is InChI=1S/C14H16F3N3S/c1-3-10-7-11(20(2)19-10)8-21-13-5-4-9(6-12(13)18)14(15,16)17/h4-7H,3,8,18H2,1-2H3. The fourth-order valence-electron chi connectivity index (χ4n) is 1.89. The summed E-state index contributed by atoms with van der Waals surface area (Å²) in [6, 6.07) is 5.44. The summed E-state index contributed by atoms with van der Waals surface area (Å²) in [6.07, 6.45) is -3.52. The van der Waals surface area contributed by atoms with Gasteiger partial charge in [-0.2, -0.15) is 18.3 Å². The van der Waals surface area contributed by atoms with Gasteiger partial charge in [-0.1, -0.05) is 6.92 Å². The molecule has 0 saturated heterocycles. The zero-order chi connectivity index (χ0) is 15.6. The van der Waals surface area contributed by atoms with E-state index in [2.05, 4.69) is 5.10 Å². The maximum atomic E-state index is 12.6. The van der Waals surface area contributed by atoms with Gasteiger partial charge in [0.1, 0.15) is 0 Å². The first kappa shape index (κ1) is 15.8. The number of hydrogen-bond acceptors (Lipinski definition) is 3. The van der Waals surface area contributed by atoms with Crippen LogP contribution in [-0.4, -0.2) is 9.78 Å². The normalized spacial score (nSPS) is 11.9. The monoisotopic (exact) mass is 315 g/mol. The predicted octanol–water partition coefficient (Wildman–Crippen LogP) is 3.88. The van der Waals surface area contributed by atoms with Crippen LogP contribution in [0.1, 0.15) is 23.9 Å². The van der Waals surface area contributed by atoms with Crippen LogP contribution >= 0.6 is 11.8 Å². The Morgan fingerprint density at radius 1 is 1.29 bits per heavy atom. The molecule has 0 radical (unpaired) electrons. The van der Waals surface area contributed by atoms with Gasteiger partial charge in [0.15, 0.2) is 0 Å². The van der Waals surface area contributed by atoms with E-state index >= 15 is 0 Å². The predicted molar refractivity (Wildman–Crippen MR) is 78.0 cm³/mol. The minimum absolute atomic E-state index is 0.146. The molecule has 0 atom stereocenters. The molecule has 2 rings (SSSR count). The lowest BCUT2D eigenvalue weighted by molar-refractivity contribution is -0.137. The van der Waals surface area contributed by atoms with E-state index in [1.54, 1.807) is 4.68 Å². The molecular formula is C14H16F3N3S. The number of rotatable bonds is 4. The SMILES string of the molecule is CCc1cc(CSc2ccc(C(F)(F)F)cc2N)n(C)n1. The molecule has 0 aliphatic rings. The van der Waals surface area contributed by atoms with Crippen LogP contribution in [0.25, 0.3) is 0 Å². The van der Waals surface area contributed by atoms with Crippen LogP contribution in [0.5, 0.6) is 0 Å². The number of halogens is 3. The first-order valence-electron chi connectivity index (χ1n) is 6.42. The van der Waals surface area contributed by atoms with E-state index in [1.807, 2.05) is 20.0 Å². The Balaban J connectivity index is 2.11. The van der Waals surface area contributed by atoms with Crippen molar-refractivity contribution < 1.29 is 13.2 Å².